The van der Waals surface area contributed by atoms with E-state index in [1.165, 1.54) is 0 Å². The van der Waals surface area contributed by atoms with E-state index in [1.54, 1.807) is 0 Å². The predicted molar refractivity (Wildman–Crippen MR) is 74.9 cm³/mol. The maximum Gasteiger partial charge on any atom is 0.0947 e. The van der Waals surface area contributed by atoms with Gasteiger partial charge in [0.25, 0.3) is 0 Å². The molecule has 0 saturated heterocycles. The van der Waals surface area contributed by atoms with Crippen molar-refractivity contribution in [2.24, 2.45) is 0 Å². The number of nitrogens with zero attached hydrogens (tertiary/aromatic N) is 2. The Morgan fingerprint density at radius 1 is 1.39 bits per heavy atom. The molecule has 0 fully saturated rings. The van der Waals surface area contributed by atoms with Crippen LogP contribution in [0.2, 0.25) is 0 Å². The van der Waals surface area contributed by atoms with Crippen LogP contribution in [0.15, 0.2) is 42.1 Å². The van der Waals surface area contributed by atoms with E-state index in [-0.39, 0.29) is 0 Å². The molecule has 2 nitrogen and oxygen atoms in total. The van der Waals surface area contributed by atoms with Gasteiger partial charge in [0.15, 0.2) is 0 Å². The van der Waals surface area contributed by atoms with E-state index in [4.69, 9.17) is 5.26 Å². The zero-order valence-electron chi connectivity index (χ0n) is 10.6. The Bertz CT molecular complexity index is 606. The zero-order valence-corrected chi connectivity index (χ0v) is 10.6. The lowest BCUT2D eigenvalue weighted by atomic mass is 10.1. The van der Waals surface area contributed by atoms with Crippen molar-refractivity contribution in [1.82, 2.24) is 4.98 Å². The lowest BCUT2D eigenvalue weighted by Crippen LogP contribution is -1.84. The number of rotatable bonds is 4. The molecular formula is C16H16N2. The minimum absolute atomic E-state index is 0.828. The standard InChI is InChI=1S/C16H16N2/c1-2-3-6-13(11-17)9-14-10-15-7-4-5-8-16(15)18-12-14/h4-5,7-10,12H,2-3,6H2,1H3/b13-9+. The van der Waals surface area contributed by atoms with E-state index in [9.17, 15) is 0 Å². The molecule has 1 heterocycles. The summed E-state index contributed by atoms with van der Waals surface area (Å²) >= 11 is 0. The second-order valence-corrected chi connectivity index (χ2v) is 4.35. The molecule has 0 radical (unpaired) electrons. The minimum atomic E-state index is 0.828. The predicted octanol–water partition coefficient (Wildman–Crippen LogP) is 4.33. The molecule has 0 saturated carbocycles. The summed E-state index contributed by atoms with van der Waals surface area (Å²) in [5.74, 6) is 0. The Morgan fingerprint density at radius 3 is 3.00 bits per heavy atom. The number of allylic oxidation sites excluding steroid dienone is 1. The van der Waals surface area contributed by atoms with Crippen LogP contribution in [0.4, 0.5) is 0 Å². The normalized spacial score (nSPS) is 11.4. The van der Waals surface area contributed by atoms with Crippen molar-refractivity contribution < 1.29 is 0 Å². The lowest BCUT2D eigenvalue weighted by molar-refractivity contribution is 0.802. The fourth-order valence-electron chi connectivity index (χ4n) is 1.90. The van der Waals surface area contributed by atoms with Crippen LogP contribution in [0, 0.1) is 11.3 Å². The molecule has 18 heavy (non-hydrogen) atoms. The molecule has 0 aliphatic heterocycles. The average Bonchev–Trinajstić information content (AvgIpc) is 2.43. The van der Waals surface area contributed by atoms with Crippen LogP contribution in [-0.4, -0.2) is 4.98 Å². The number of fused-ring (bicyclic) bond motifs is 1. The van der Waals surface area contributed by atoms with Gasteiger partial charge in [-0.25, -0.2) is 0 Å². The van der Waals surface area contributed by atoms with Crippen LogP contribution in [0.1, 0.15) is 31.7 Å². The topological polar surface area (TPSA) is 36.7 Å². The average molecular weight is 236 g/mol. The first-order chi connectivity index (χ1) is 8.83. The van der Waals surface area contributed by atoms with Crippen molar-refractivity contribution in [3.63, 3.8) is 0 Å². The summed E-state index contributed by atoms with van der Waals surface area (Å²) in [6, 6.07) is 12.4. The van der Waals surface area contributed by atoms with Gasteiger partial charge in [-0.1, -0.05) is 31.5 Å². The fraction of sp³-hybridized carbons (Fsp3) is 0.250. The number of nitriles is 1. The highest BCUT2D eigenvalue weighted by Gasteiger charge is 1.98. The molecule has 2 rings (SSSR count). The molecule has 2 heteroatoms. The van der Waals surface area contributed by atoms with Crippen molar-refractivity contribution in [3.05, 3.63) is 47.7 Å². The molecule has 0 spiro atoms. The summed E-state index contributed by atoms with van der Waals surface area (Å²) in [6.45, 7) is 2.13. The third kappa shape index (κ3) is 2.95. The molecule has 0 aliphatic rings. The Kier molecular flexibility index (Phi) is 4.09. The second kappa shape index (κ2) is 5.97. The summed E-state index contributed by atoms with van der Waals surface area (Å²) in [5, 5.41) is 10.2. The quantitative estimate of drug-likeness (QED) is 0.741. The minimum Gasteiger partial charge on any atom is -0.256 e. The van der Waals surface area contributed by atoms with Gasteiger partial charge in [-0.15, -0.1) is 0 Å². The number of benzene rings is 1. The number of aromatic nitrogens is 1. The summed E-state index contributed by atoms with van der Waals surface area (Å²) in [5.41, 5.74) is 2.82. The maximum absolute atomic E-state index is 9.09. The molecule has 0 atom stereocenters. The first kappa shape index (κ1) is 12.3. The Labute approximate surface area is 108 Å². The van der Waals surface area contributed by atoms with Crippen molar-refractivity contribution >= 4 is 17.0 Å². The SMILES string of the molecule is CCCC/C(C#N)=C\c1cnc2ccccc2c1. The maximum atomic E-state index is 9.09. The molecule has 0 bridgehead atoms. The largest absolute Gasteiger partial charge is 0.256 e. The third-order valence-corrected chi connectivity index (χ3v) is 2.90. The smallest absolute Gasteiger partial charge is 0.0947 e. The summed E-state index contributed by atoms with van der Waals surface area (Å²) in [6.07, 6.45) is 6.77. The number of hydrogen-bond acceptors (Lipinski definition) is 2. The number of pyridine rings is 1. The molecule has 90 valence electrons. The highest BCUT2D eigenvalue weighted by molar-refractivity contribution is 5.80. The van der Waals surface area contributed by atoms with Gasteiger partial charge in [-0.05, 0) is 36.6 Å². The molecule has 0 N–H and O–H groups in total. The van der Waals surface area contributed by atoms with E-state index < -0.39 is 0 Å². The van der Waals surface area contributed by atoms with Crippen LogP contribution in [-0.2, 0) is 0 Å². The summed E-state index contributed by atoms with van der Waals surface area (Å²) in [4.78, 5) is 4.39. The first-order valence-electron chi connectivity index (χ1n) is 6.29. The molecule has 0 amide bonds. The highest BCUT2D eigenvalue weighted by Crippen LogP contribution is 2.16. The molecule has 2 aromatic rings. The Hall–Kier alpha value is -2.14. The van der Waals surface area contributed by atoms with Crippen molar-refractivity contribution in [2.45, 2.75) is 26.2 Å². The van der Waals surface area contributed by atoms with Crippen LogP contribution in [0.5, 0.6) is 0 Å². The van der Waals surface area contributed by atoms with E-state index in [0.717, 1.165) is 41.3 Å². The monoisotopic (exact) mass is 236 g/mol. The van der Waals surface area contributed by atoms with E-state index >= 15 is 0 Å². The molecule has 0 unspecified atom stereocenters. The van der Waals surface area contributed by atoms with Gasteiger partial charge in [0.05, 0.1) is 11.6 Å². The third-order valence-electron chi connectivity index (χ3n) is 2.90. The summed E-state index contributed by atoms with van der Waals surface area (Å²) in [7, 11) is 0. The second-order valence-electron chi connectivity index (χ2n) is 4.35. The molecule has 0 aliphatic carbocycles. The van der Waals surface area contributed by atoms with Crippen molar-refractivity contribution in [1.29, 1.82) is 5.26 Å². The fourth-order valence-corrected chi connectivity index (χ4v) is 1.90. The first-order valence-corrected chi connectivity index (χ1v) is 6.29. The van der Waals surface area contributed by atoms with Gasteiger partial charge in [0.1, 0.15) is 0 Å². The number of unbranched alkanes of at least 4 members (excludes halogenated alkanes) is 1. The van der Waals surface area contributed by atoms with Crippen LogP contribution in [0.3, 0.4) is 0 Å². The van der Waals surface area contributed by atoms with Gasteiger partial charge < -0.3 is 0 Å². The van der Waals surface area contributed by atoms with Gasteiger partial charge in [0.2, 0.25) is 0 Å². The van der Waals surface area contributed by atoms with Gasteiger partial charge in [0, 0.05) is 17.2 Å². The molecule has 1 aromatic carbocycles. The van der Waals surface area contributed by atoms with Crippen LogP contribution in [0.25, 0.3) is 17.0 Å². The highest BCUT2D eigenvalue weighted by atomic mass is 14.6. The number of hydrogen-bond donors (Lipinski definition) is 0. The Balaban J connectivity index is 2.30. The van der Waals surface area contributed by atoms with Crippen molar-refractivity contribution in [2.75, 3.05) is 0 Å². The van der Waals surface area contributed by atoms with Crippen LogP contribution >= 0.6 is 0 Å². The molecular weight excluding hydrogens is 220 g/mol. The zero-order chi connectivity index (χ0) is 12.8. The van der Waals surface area contributed by atoms with Crippen molar-refractivity contribution in [3.8, 4) is 6.07 Å². The molecule has 1 aromatic heterocycles. The van der Waals surface area contributed by atoms with E-state index in [1.807, 2.05) is 36.5 Å². The van der Waals surface area contributed by atoms with E-state index in [2.05, 4.69) is 24.0 Å². The number of para-hydroxylation sites is 1. The lowest BCUT2D eigenvalue weighted by Gasteiger charge is -2.00. The Morgan fingerprint density at radius 2 is 2.22 bits per heavy atom. The summed E-state index contributed by atoms with van der Waals surface area (Å²) < 4.78 is 0. The van der Waals surface area contributed by atoms with E-state index in [0.29, 0.717) is 0 Å². The van der Waals surface area contributed by atoms with Gasteiger partial charge in [-0.2, -0.15) is 5.26 Å². The van der Waals surface area contributed by atoms with Gasteiger partial charge >= 0.3 is 0 Å². The van der Waals surface area contributed by atoms with Gasteiger partial charge in [-0.3, -0.25) is 4.98 Å². The van der Waals surface area contributed by atoms with Crippen LogP contribution < -0.4 is 0 Å².